The van der Waals surface area contributed by atoms with Crippen molar-refractivity contribution in [3.05, 3.63) is 83.7 Å². The largest absolute Gasteiger partial charge is 0.478 e. The monoisotopic (exact) mass is 478 g/mol. The van der Waals surface area contributed by atoms with Crippen LogP contribution in [0.25, 0.3) is 22.3 Å². The summed E-state index contributed by atoms with van der Waals surface area (Å²) in [6, 6.07) is 16.5. The van der Waals surface area contributed by atoms with E-state index < -0.39 is 17.7 Å². The number of aromatic nitrogens is 3. The normalized spacial score (nSPS) is 14.9. The highest BCUT2D eigenvalue weighted by atomic mass is 19.4. The molecule has 4 aromatic rings. The minimum atomic E-state index is -4.45. The van der Waals surface area contributed by atoms with Crippen molar-refractivity contribution in [2.75, 3.05) is 18.0 Å². The zero-order chi connectivity index (χ0) is 24.6. The third-order valence-electron chi connectivity index (χ3n) is 6.27. The van der Waals surface area contributed by atoms with Crippen LogP contribution in [0.4, 0.5) is 19.0 Å². The summed E-state index contributed by atoms with van der Waals surface area (Å²) in [5.74, 6) is -0.794. The van der Waals surface area contributed by atoms with Gasteiger partial charge in [0.15, 0.2) is 5.82 Å². The SMILES string of the molecule is O=C(O)c1ccc2nc(-c3ccccc3)c(N3CCC(c4ncccc4C(F)(F)F)CC3)nc2c1. The van der Waals surface area contributed by atoms with Gasteiger partial charge in [0, 0.05) is 30.8 Å². The molecule has 0 saturated carbocycles. The molecule has 3 heterocycles. The lowest BCUT2D eigenvalue weighted by atomic mass is 9.90. The van der Waals surface area contributed by atoms with Crippen molar-refractivity contribution >= 4 is 22.8 Å². The number of piperidine rings is 1. The van der Waals surface area contributed by atoms with Gasteiger partial charge in [0.25, 0.3) is 0 Å². The van der Waals surface area contributed by atoms with Gasteiger partial charge in [-0.15, -0.1) is 0 Å². The highest BCUT2D eigenvalue weighted by Crippen LogP contribution is 2.39. The van der Waals surface area contributed by atoms with Crippen LogP contribution in [-0.2, 0) is 6.18 Å². The minimum absolute atomic E-state index is 0.0821. The average molecular weight is 478 g/mol. The van der Waals surface area contributed by atoms with E-state index in [4.69, 9.17) is 9.97 Å². The molecule has 1 fully saturated rings. The Morgan fingerprint density at radius 1 is 0.943 bits per heavy atom. The molecule has 1 saturated heterocycles. The maximum atomic E-state index is 13.5. The number of alkyl halides is 3. The van der Waals surface area contributed by atoms with Gasteiger partial charge in [0.2, 0.25) is 0 Å². The summed E-state index contributed by atoms with van der Waals surface area (Å²) in [5.41, 5.74) is 2.02. The first kappa shape index (κ1) is 22.8. The van der Waals surface area contributed by atoms with Crippen molar-refractivity contribution in [2.45, 2.75) is 24.9 Å². The Morgan fingerprint density at radius 2 is 1.69 bits per heavy atom. The molecule has 0 aliphatic carbocycles. The van der Waals surface area contributed by atoms with Crippen molar-refractivity contribution in [3.8, 4) is 11.3 Å². The van der Waals surface area contributed by atoms with Crippen LogP contribution in [0.3, 0.4) is 0 Å². The lowest BCUT2D eigenvalue weighted by Gasteiger charge is -2.34. The summed E-state index contributed by atoms with van der Waals surface area (Å²) >= 11 is 0. The second kappa shape index (κ2) is 8.98. The minimum Gasteiger partial charge on any atom is -0.478 e. The van der Waals surface area contributed by atoms with E-state index in [1.165, 1.54) is 24.4 Å². The van der Waals surface area contributed by atoms with Crippen LogP contribution in [0.5, 0.6) is 0 Å². The number of aromatic carboxylic acids is 1. The number of rotatable bonds is 4. The average Bonchev–Trinajstić information content (AvgIpc) is 2.87. The molecule has 2 aromatic heterocycles. The summed E-state index contributed by atoms with van der Waals surface area (Å²) in [7, 11) is 0. The number of pyridine rings is 1. The standard InChI is InChI=1S/C26H21F3N4O2/c27-26(28,29)19-7-4-12-30-22(19)17-10-13-33(14-11-17)24-23(16-5-2-1-3-6-16)31-20-9-8-18(25(34)35)15-21(20)32-24/h1-9,12,15,17H,10-11,13-14H2,(H,34,35). The molecule has 2 aromatic carbocycles. The van der Waals surface area contributed by atoms with Crippen molar-refractivity contribution in [1.29, 1.82) is 0 Å². The van der Waals surface area contributed by atoms with Crippen molar-refractivity contribution in [1.82, 2.24) is 15.0 Å². The topological polar surface area (TPSA) is 79.2 Å². The number of anilines is 1. The first-order chi connectivity index (χ1) is 16.8. The molecule has 1 N–H and O–H groups in total. The van der Waals surface area contributed by atoms with E-state index in [1.807, 2.05) is 35.2 Å². The van der Waals surface area contributed by atoms with Crippen LogP contribution in [-0.4, -0.2) is 39.1 Å². The summed E-state index contributed by atoms with van der Waals surface area (Å²) in [6.45, 7) is 0.939. The molecule has 178 valence electrons. The van der Waals surface area contributed by atoms with Crippen molar-refractivity contribution in [3.63, 3.8) is 0 Å². The van der Waals surface area contributed by atoms with Gasteiger partial charge >= 0.3 is 12.1 Å². The Hall–Kier alpha value is -4.01. The van der Waals surface area contributed by atoms with E-state index >= 15 is 0 Å². The number of benzene rings is 2. The highest BCUT2D eigenvalue weighted by Gasteiger charge is 2.37. The molecule has 0 amide bonds. The van der Waals surface area contributed by atoms with E-state index in [0.717, 1.165) is 11.6 Å². The molecule has 9 heteroatoms. The lowest BCUT2D eigenvalue weighted by molar-refractivity contribution is -0.138. The zero-order valence-electron chi connectivity index (χ0n) is 18.5. The molecule has 35 heavy (non-hydrogen) atoms. The molecule has 6 nitrogen and oxygen atoms in total. The van der Waals surface area contributed by atoms with E-state index in [0.29, 0.717) is 48.5 Å². The summed E-state index contributed by atoms with van der Waals surface area (Å²) in [4.78, 5) is 27.1. The van der Waals surface area contributed by atoms with Gasteiger partial charge in [-0.2, -0.15) is 13.2 Å². The number of halogens is 3. The van der Waals surface area contributed by atoms with Crippen molar-refractivity contribution < 1.29 is 23.1 Å². The fraction of sp³-hybridized carbons (Fsp3) is 0.231. The van der Waals surface area contributed by atoms with Crippen LogP contribution in [0, 0.1) is 0 Å². The van der Waals surface area contributed by atoms with Crippen LogP contribution in [0.1, 0.15) is 40.4 Å². The Labute approximate surface area is 199 Å². The van der Waals surface area contributed by atoms with E-state index in [2.05, 4.69) is 4.98 Å². The van der Waals surface area contributed by atoms with Crippen LogP contribution >= 0.6 is 0 Å². The predicted octanol–water partition coefficient (Wildman–Crippen LogP) is 5.79. The number of nitrogens with zero attached hydrogens (tertiary/aromatic N) is 4. The third-order valence-corrected chi connectivity index (χ3v) is 6.27. The lowest BCUT2D eigenvalue weighted by Crippen LogP contribution is -2.35. The first-order valence-electron chi connectivity index (χ1n) is 11.2. The van der Waals surface area contributed by atoms with Crippen LogP contribution < -0.4 is 4.90 Å². The molecule has 0 atom stereocenters. The van der Waals surface area contributed by atoms with Gasteiger partial charge in [-0.25, -0.2) is 14.8 Å². The number of hydrogen-bond donors (Lipinski definition) is 1. The molecule has 0 spiro atoms. The summed E-state index contributed by atoms with van der Waals surface area (Å²) in [5, 5.41) is 9.37. The van der Waals surface area contributed by atoms with Gasteiger partial charge in [-0.3, -0.25) is 4.98 Å². The summed E-state index contributed by atoms with van der Waals surface area (Å²) in [6.07, 6.45) is -2.10. The van der Waals surface area contributed by atoms with Gasteiger partial charge < -0.3 is 10.0 Å². The number of carbonyl (C=O) groups is 1. The van der Waals surface area contributed by atoms with Gasteiger partial charge in [0.05, 0.1) is 27.9 Å². The molecule has 0 radical (unpaired) electrons. The molecule has 1 aliphatic heterocycles. The quantitative estimate of drug-likeness (QED) is 0.400. The Kier molecular flexibility index (Phi) is 5.84. The smallest absolute Gasteiger partial charge is 0.418 e. The van der Waals surface area contributed by atoms with Crippen molar-refractivity contribution in [2.24, 2.45) is 0 Å². The van der Waals surface area contributed by atoms with E-state index in [9.17, 15) is 23.1 Å². The van der Waals surface area contributed by atoms with Gasteiger partial charge in [-0.05, 0) is 43.2 Å². The molecule has 0 bridgehead atoms. The second-order valence-corrected chi connectivity index (χ2v) is 8.47. The van der Waals surface area contributed by atoms with Crippen LogP contribution in [0.15, 0.2) is 66.9 Å². The second-order valence-electron chi connectivity index (χ2n) is 8.47. The Balaban J connectivity index is 1.51. The highest BCUT2D eigenvalue weighted by molar-refractivity contribution is 5.93. The molecule has 0 unspecified atom stereocenters. The fourth-order valence-electron chi connectivity index (χ4n) is 4.54. The number of carboxylic acid groups (broad SMARTS) is 1. The molecular formula is C26H21F3N4O2. The van der Waals surface area contributed by atoms with Gasteiger partial charge in [-0.1, -0.05) is 30.3 Å². The third kappa shape index (κ3) is 4.53. The number of carboxylic acids is 1. The van der Waals surface area contributed by atoms with E-state index in [-0.39, 0.29) is 17.2 Å². The first-order valence-corrected chi connectivity index (χ1v) is 11.2. The number of hydrogen-bond acceptors (Lipinski definition) is 5. The number of fused-ring (bicyclic) bond motifs is 1. The molecular weight excluding hydrogens is 457 g/mol. The maximum Gasteiger partial charge on any atom is 0.418 e. The Bertz CT molecular complexity index is 1380. The fourth-order valence-corrected chi connectivity index (χ4v) is 4.54. The summed E-state index contributed by atoms with van der Waals surface area (Å²) < 4.78 is 40.5. The van der Waals surface area contributed by atoms with Gasteiger partial charge in [0.1, 0.15) is 5.69 Å². The van der Waals surface area contributed by atoms with E-state index in [1.54, 1.807) is 6.07 Å². The molecule has 5 rings (SSSR count). The predicted molar refractivity (Wildman–Crippen MR) is 125 cm³/mol. The van der Waals surface area contributed by atoms with Crippen LogP contribution in [0.2, 0.25) is 0 Å². The Morgan fingerprint density at radius 3 is 2.37 bits per heavy atom. The maximum absolute atomic E-state index is 13.5. The molecule has 1 aliphatic rings. The zero-order valence-corrected chi connectivity index (χ0v) is 18.5.